The molecule has 0 unspecified atom stereocenters. The maximum Gasteiger partial charge on any atom is 0.246 e. The lowest BCUT2D eigenvalue weighted by atomic mass is 9.72. The molecule has 4 aliphatic rings. The Kier molecular flexibility index (Phi) is 3.81. The molecule has 5 heterocycles. The number of aryl methyl sites for hydroxylation is 1. The van der Waals surface area contributed by atoms with E-state index >= 15 is 0 Å². The summed E-state index contributed by atoms with van der Waals surface area (Å²) in [6, 6.07) is -0.0496. The van der Waals surface area contributed by atoms with Crippen LogP contribution >= 0.6 is 0 Å². The van der Waals surface area contributed by atoms with Gasteiger partial charge >= 0.3 is 0 Å². The quantitative estimate of drug-likeness (QED) is 0.771. The fraction of sp³-hybridized carbons (Fsp3) is 0.737. The molecule has 2 amide bonds. The number of carbonyl (C=O) groups excluding carboxylic acids is 2. The summed E-state index contributed by atoms with van der Waals surface area (Å²) < 4.78 is 0. The van der Waals surface area contributed by atoms with Gasteiger partial charge in [0.15, 0.2) is 0 Å². The van der Waals surface area contributed by atoms with Crippen LogP contribution in [0.3, 0.4) is 0 Å². The normalized spacial score (nSPS) is 33.7. The van der Waals surface area contributed by atoms with Crippen LogP contribution in [0.2, 0.25) is 0 Å². The first-order valence-corrected chi connectivity index (χ1v) is 9.97. The Hall–Kier alpha value is -1.89. The third kappa shape index (κ3) is 2.47. The number of amides is 2. The van der Waals surface area contributed by atoms with E-state index in [1.165, 1.54) is 0 Å². The number of aromatic nitrogens is 2. The fourth-order valence-corrected chi connectivity index (χ4v) is 5.64. The van der Waals surface area contributed by atoms with Gasteiger partial charge in [-0.05, 0) is 38.6 Å². The van der Waals surface area contributed by atoms with Crippen LogP contribution in [-0.2, 0) is 22.6 Å². The molecule has 3 fully saturated rings. The zero-order valence-corrected chi connectivity index (χ0v) is 15.3. The van der Waals surface area contributed by atoms with Gasteiger partial charge in [0.1, 0.15) is 11.9 Å². The Morgan fingerprint density at radius 1 is 1.23 bits per heavy atom. The third-order valence-electron chi connectivity index (χ3n) is 6.76. The molecule has 0 aliphatic carbocycles. The van der Waals surface area contributed by atoms with Crippen molar-refractivity contribution in [2.75, 3.05) is 19.6 Å². The molecule has 1 aromatic heterocycles. The van der Waals surface area contributed by atoms with Crippen molar-refractivity contribution in [1.82, 2.24) is 25.1 Å². The van der Waals surface area contributed by atoms with Gasteiger partial charge in [-0.15, -0.1) is 0 Å². The topological polar surface area (TPSA) is 81.3 Å². The van der Waals surface area contributed by atoms with Crippen LogP contribution in [-0.4, -0.2) is 63.3 Å². The van der Waals surface area contributed by atoms with Crippen LogP contribution in [0.25, 0.3) is 0 Å². The van der Waals surface area contributed by atoms with Crippen molar-refractivity contribution in [3.63, 3.8) is 0 Å². The van der Waals surface area contributed by atoms with Gasteiger partial charge in [-0.25, -0.2) is 4.98 Å². The molecule has 0 saturated carbocycles. The molecule has 0 aromatic carbocycles. The third-order valence-corrected chi connectivity index (χ3v) is 6.76. The van der Waals surface area contributed by atoms with Gasteiger partial charge in [-0.1, -0.05) is 0 Å². The summed E-state index contributed by atoms with van der Waals surface area (Å²) in [7, 11) is 0. The van der Waals surface area contributed by atoms with E-state index in [-0.39, 0.29) is 29.8 Å². The highest BCUT2D eigenvalue weighted by atomic mass is 16.2. The van der Waals surface area contributed by atoms with Crippen molar-refractivity contribution in [2.45, 2.75) is 57.7 Å². The largest absolute Gasteiger partial charge is 0.344 e. The van der Waals surface area contributed by atoms with E-state index in [2.05, 4.69) is 15.3 Å². The predicted molar refractivity (Wildman–Crippen MR) is 95.2 cm³/mol. The summed E-state index contributed by atoms with van der Waals surface area (Å²) in [5.41, 5.74) is 2.14. The first kappa shape index (κ1) is 16.3. The van der Waals surface area contributed by atoms with E-state index in [9.17, 15) is 9.59 Å². The van der Waals surface area contributed by atoms with Crippen LogP contribution in [0, 0.1) is 18.8 Å². The second-order valence-electron chi connectivity index (χ2n) is 8.38. The van der Waals surface area contributed by atoms with Gasteiger partial charge in [0.2, 0.25) is 11.8 Å². The van der Waals surface area contributed by atoms with E-state index in [1.54, 1.807) is 0 Å². The smallest absolute Gasteiger partial charge is 0.246 e. The summed E-state index contributed by atoms with van der Waals surface area (Å²) >= 11 is 0. The molecule has 3 saturated heterocycles. The van der Waals surface area contributed by atoms with Crippen molar-refractivity contribution in [3.8, 4) is 0 Å². The van der Waals surface area contributed by atoms with Gasteiger partial charge < -0.3 is 20.1 Å². The van der Waals surface area contributed by atoms with E-state index in [4.69, 9.17) is 0 Å². The molecule has 2 bridgehead atoms. The second kappa shape index (κ2) is 6.08. The molecule has 140 valence electrons. The van der Waals surface area contributed by atoms with Crippen molar-refractivity contribution in [1.29, 1.82) is 0 Å². The average Bonchev–Trinajstić information content (AvgIpc) is 3.02. The lowest BCUT2D eigenvalue weighted by Gasteiger charge is -2.54. The summed E-state index contributed by atoms with van der Waals surface area (Å²) in [5, 5.41) is 3.52. The number of hydrogen-bond acceptors (Lipinski definition) is 4. The summed E-state index contributed by atoms with van der Waals surface area (Å²) in [6.07, 6.45) is 4.46. The Morgan fingerprint density at radius 2 is 2.08 bits per heavy atom. The standard InChI is InChI=1S/C19H27N5O2/c1-11-21-14-5-6-23(10-15(14)22-11)19(26)18-13-7-12(8-20-9-13)16-3-2-4-17(25)24(16)18/h12-13,16,18,20H,2-10H2,1H3,(H,21,22)/t12-,13+,16+,18-/m1/s1. The lowest BCUT2D eigenvalue weighted by molar-refractivity contribution is -0.162. The Bertz CT molecular complexity index is 744. The number of carbonyl (C=O) groups is 2. The number of nitrogens with one attached hydrogen (secondary N) is 2. The maximum atomic E-state index is 13.5. The van der Waals surface area contributed by atoms with Crippen molar-refractivity contribution < 1.29 is 9.59 Å². The summed E-state index contributed by atoms with van der Waals surface area (Å²) in [4.78, 5) is 38.1. The first-order valence-electron chi connectivity index (χ1n) is 9.97. The molecule has 4 atom stereocenters. The lowest BCUT2D eigenvalue weighted by Crippen LogP contribution is -2.68. The molecule has 4 aliphatic heterocycles. The molecule has 7 nitrogen and oxygen atoms in total. The molecule has 0 radical (unpaired) electrons. The summed E-state index contributed by atoms with van der Waals surface area (Å²) in [6.45, 7) is 5.05. The van der Waals surface area contributed by atoms with Crippen molar-refractivity contribution >= 4 is 11.8 Å². The number of H-pyrrole nitrogens is 1. The zero-order valence-electron chi connectivity index (χ0n) is 15.3. The highest BCUT2D eigenvalue weighted by molar-refractivity contribution is 5.89. The van der Waals surface area contributed by atoms with Crippen LogP contribution in [0.5, 0.6) is 0 Å². The van der Waals surface area contributed by atoms with E-state index in [1.807, 2.05) is 16.7 Å². The first-order chi connectivity index (χ1) is 12.6. The number of rotatable bonds is 1. The molecule has 1 aromatic rings. The summed E-state index contributed by atoms with van der Waals surface area (Å²) in [5.74, 6) is 1.98. The molecule has 0 spiro atoms. The Balaban J connectivity index is 1.43. The zero-order chi connectivity index (χ0) is 17.8. The maximum absolute atomic E-state index is 13.5. The molecule has 5 rings (SSSR count). The van der Waals surface area contributed by atoms with Gasteiger partial charge in [-0.3, -0.25) is 9.59 Å². The van der Waals surface area contributed by atoms with E-state index < -0.39 is 0 Å². The minimum atomic E-state index is -0.289. The van der Waals surface area contributed by atoms with Crippen LogP contribution < -0.4 is 5.32 Å². The minimum Gasteiger partial charge on any atom is -0.344 e. The number of aromatic amines is 1. The Labute approximate surface area is 153 Å². The molecular formula is C19H27N5O2. The van der Waals surface area contributed by atoms with E-state index in [0.29, 0.717) is 25.4 Å². The van der Waals surface area contributed by atoms with Crippen molar-refractivity contribution in [2.24, 2.45) is 11.8 Å². The highest BCUT2D eigenvalue weighted by Gasteiger charge is 2.51. The number of fused-ring (bicyclic) bond motifs is 5. The van der Waals surface area contributed by atoms with Crippen LogP contribution in [0.15, 0.2) is 0 Å². The van der Waals surface area contributed by atoms with Crippen LogP contribution in [0.1, 0.15) is 42.9 Å². The molecular weight excluding hydrogens is 330 g/mol. The van der Waals surface area contributed by atoms with Crippen molar-refractivity contribution in [3.05, 3.63) is 17.2 Å². The number of hydrogen-bond donors (Lipinski definition) is 2. The monoisotopic (exact) mass is 357 g/mol. The van der Waals surface area contributed by atoms with Crippen LogP contribution in [0.4, 0.5) is 0 Å². The fourth-order valence-electron chi connectivity index (χ4n) is 5.64. The molecule has 7 heteroatoms. The molecule has 26 heavy (non-hydrogen) atoms. The number of nitrogens with zero attached hydrogens (tertiary/aromatic N) is 3. The predicted octanol–water partition coefficient (Wildman–Crippen LogP) is 0.592. The SMILES string of the molecule is Cc1nc2c([nH]1)CN(C(=O)[C@H]1[C@@H]3CNC[C@@H](C3)[C@@H]3CCCC(=O)N31)CC2. The van der Waals surface area contributed by atoms with Gasteiger partial charge in [0.25, 0.3) is 0 Å². The Morgan fingerprint density at radius 3 is 2.96 bits per heavy atom. The second-order valence-corrected chi connectivity index (χ2v) is 8.38. The minimum absolute atomic E-state index is 0.135. The number of piperidine rings is 3. The molecule has 2 N–H and O–H groups in total. The van der Waals surface area contributed by atoms with Gasteiger partial charge in [-0.2, -0.15) is 0 Å². The van der Waals surface area contributed by atoms with E-state index in [0.717, 1.165) is 56.0 Å². The van der Waals surface area contributed by atoms with Gasteiger partial charge in [0.05, 0.1) is 17.9 Å². The van der Waals surface area contributed by atoms with Gasteiger partial charge in [0, 0.05) is 37.9 Å². The number of imidazole rings is 1. The highest BCUT2D eigenvalue weighted by Crippen LogP contribution is 2.40. The average molecular weight is 357 g/mol.